The third-order valence-electron chi connectivity index (χ3n) is 5.58. The number of hydrogen-bond donors (Lipinski definition) is 0. The van der Waals surface area contributed by atoms with E-state index >= 15 is 0 Å². The SMILES string of the molecule is Cc1cc(C)c(P(c2c(C)cc(C)cc2C)c2c(C)cc(C)cc2C)c(C)c1.I. The van der Waals surface area contributed by atoms with Crippen molar-refractivity contribution in [2.45, 2.75) is 62.3 Å². The maximum Gasteiger partial charge on any atom is -0.00921 e. The van der Waals surface area contributed by atoms with E-state index in [-0.39, 0.29) is 24.0 Å². The van der Waals surface area contributed by atoms with Gasteiger partial charge in [-0.05, 0) is 120 Å². The number of aryl methyl sites for hydroxylation is 9. The van der Waals surface area contributed by atoms with E-state index in [1.54, 1.807) is 0 Å². The smallest absolute Gasteiger partial charge is 0.00921 e. The fourth-order valence-electron chi connectivity index (χ4n) is 4.91. The largest absolute Gasteiger partial charge is 0.107 e. The van der Waals surface area contributed by atoms with Crippen molar-refractivity contribution in [3.05, 3.63) is 86.5 Å². The minimum Gasteiger partial charge on any atom is -0.107 e. The normalized spacial score (nSPS) is 11.0. The zero-order valence-corrected chi connectivity index (χ0v) is 22.5. The summed E-state index contributed by atoms with van der Waals surface area (Å²) in [4.78, 5) is 0. The molecule has 0 aromatic heterocycles. The Balaban J connectivity index is 0.00000300. The van der Waals surface area contributed by atoms with Crippen molar-refractivity contribution in [1.82, 2.24) is 0 Å². The van der Waals surface area contributed by atoms with Gasteiger partial charge in [0.15, 0.2) is 0 Å². The highest BCUT2D eigenvalue weighted by molar-refractivity contribution is 14.0. The van der Waals surface area contributed by atoms with E-state index in [1.807, 2.05) is 0 Å². The Bertz CT molecular complexity index is 856. The quantitative estimate of drug-likeness (QED) is 0.264. The molecule has 0 spiro atoms. The van der Waals surface area contributed by atoms with Gasteiger partial charge in [0, 0.05) is 0 Å². The molecular weight excluding hydrogens is 482 g/mol. The fourth-order valence-corrected chi connectivity index (χ4v) is 8.09. The highest BCUT2D eigenvalue weighted by Crippen LogP contribution is 2.40. The lowest BCUT2D eigenvalue weighted by molar-refractivity contribution is 1.34. The minimum absolute atomic E-state index is 0. The predicted molar refractivity (Wildman–Crippen MR) is 143 cm³/mol. The molecule has 0 amide bonds. The molecule has 0 fully saturated rings. The van der Waals surface area contributed by atoms with Crippen molar-refractivity contribution in [2.75, 3.05) is 0 Å². The van der Waals surface area contributed by atoms with Gasteiger partial charge in [-0.15, -0.1) is 24.0 Å². The van der Waals surface area contributed by atoms with Crippen molar-refractivity contribution in [3.63, 3.8) is 0 Å². The standard InChI is InChI=1S/C27H33P.HI/c1-16-10-19(4)25(20(5)11-16)28(26-21(6)12-17(2)13-22(26)7)27-23(8)14-18(3)15-24(27)9;/h10-15H,1-9H3;1H. The van der Waals surface area contributed by atoms with Crippen molar-refractivity contribution in [1.29, 1.82) is 0 Å². The van der Waals surface area contributed by atoms with Gasteiger partial charge in [-0.3, -0.25) is 0 Å². The molecule has 0 atom stereocenters. The van der Waals surface area contributed by atoms with Gasteiger partial charge < -0.3 is 0 Å². The molecule has 29 heavy (non-hydrogen) atoms. The summed E-state index contributed by atoms with van der Waals surface area (Å²) in [6, 6.07) is 14.1. The molecule has 3 aromatic rings. The van der Waals surface area contributed by atoms with Crippen molar-refractivity contribution in [2.24, 2.45) is 0 Å². The first-order chi connectivity index (χ1) is 13.1. The first kappa shape index (κ1) is 24.1. The van der Waals surface area contributed by atoms with E-state index < -0.39 is 7.92 Å². The van der Waals surface area contributed by atoms with Gasteiger partial charge >= 0.3 is 0 Å². The lowest BCUT2D eigenvalue weighted by Gasteiger charge is -2.30. The second-order valence-electron chi connectivity index (χ2n) is 8.58. The molecule has 154 valence electrons. The first-order valence-corrected chi connectivity index (χ1v) is 11.5. The monoisotopic (exact) mass is 516 g/mol. The van der Waals surface area contributed by atoms with E-state index in [9.17, 15) is 0 Å². The van der Waals surface area contributed by atoms with Crippen LogP contribution in [-0.2, 0) is 0 Å². The molecule has 0 radical (unpaired) electrons. The Labute approximate surface area is 195 Å². The molecule has 0 heterocycles. The lowest BCUT2D eigenvalue weighted by Crippen LogP contribution is -2.30. The van der Waals surface area contributed by atoms with Crippen LogP contribution in [0.1, 0.15) is 50.1 Å². The topological polar surface area (TPSA) is 0 Å². The average Bonchev–Trinajstić information content (AvgIpc) is 2.51. The van der Waals surface area contributed by atoms with Crippen molar-refractivity contribution in [3.8, 4) is 0 Å². The van der Waals surface area contributed by atoms with Crippen molar-refractivity contribution < 1.29 is 0 Å². The number of hydrogen-bond acceptors (Lipinski definition) is 0. The van der Waals surface area contributed by atoms with Gasteiger partial charge in [0.05, 0.1) is 0 Å². The zero-order chi connectivity index (χ0) is 20.7. The van der Waals surface area contributed by atoms with Gasteiger partial charge in [0.1, 0.15) is 0 Å². The van der Waals surface area contributed by atoms with Crippen LogP contribution >= 0.6 is 31.9 Å². The highest BCUT2D eigenvalue weighted by atomic mass is 127. The molecular formula is C27H34IP. The van der Waals surface area contributed by atoms with Crippen LogP contribution in [0.15, 0.2) is 36.4 Å². The Morgan fingerprint density at radius 2 is 0.552 bits per heavy atom. The van der Waals surface area contributed by atoms with E-state index in [0.29, 0.717) is 0 Å². The molecule has 3 rings (SSSR count). The molecule has 0 unspecified atom stereocenters. The van der Waals surface area contributed by atoms with E-state index in [0.717, 1.165) is 0 Å². The summed E-state index contributed by atoms with van der Waals surface area (Å²) in [5.74, 6) is 0. The summed E-state index contributed by atoms with van der Waals surface area (Å²) in [6.45, 7) is 20.4. The van der Waals surface area contributed by atoms with Crippen LogP contribution in [0.25, 0.3) is 0 Å². The van der Waals surface area contributed by atoms with Crippen LogP contribution in [0.5, 0.6) is 0 Å². The summed E-state index contributed by atoms with van der Waals surface area (Å²) in [7, 11) is -0.608. The molecule has 2 heteroatoms. The Kier molecular flexibility index (Phi) is 7.74. The van der Waals surface area contributed by atoms with Gasteiger partial charge in [-0.2, -0.15) is 0 Å². The molecule has 0 aliphatic heterocycles. The minimum atomic E-state index is -0.608. The number of benzene rings is 3. The molecule has 0 saturated heterocycles. The van der Waals surface area contributed by atoms with Crippen LogP contribution in [0.3, 0.4) is 0 Å². The van der Waals surface area contributed by atoms with Crippen molar-refractivity contribution >= 4 is 47.8 Å². The Hall–Kier alpha value is -1.18. The summed E-state index contributed by atoms with van der Waals surface area (Å²) < 4.78 is 0. The average molecular weight is 516 g/mol. The molecule has 0 N–H and O–H groups in total. The summed E-state index contributed by atoms with van der Waals surface area (Å²) >= 11 is 0. The third kappa shape index (κ3) is 4.78. The Morgan fingerprint density at radius 1 is 0.379 bits per heavy atom. The predicted octanol–water partition coefficient (Wildman–Crippen LogP) is 6.84. The van der Waals surface area contributed by atoms with Gasteiger partial charge in [0.25, 0.3) is 0 Å². The molecule has 0 bridgehead atoms. The molecule has 0 aliphatic rings. The summed E-state index contributed by atoms with van der Waals surface area (Å²) in [6.07, 6.45) is 0. The van der Waals surface area contributed by atoms with Crippen LogP contribution < -0.4 is 15.9 Å². The second kappa shape index (κ2) is 9.31. The maximum atomic E-state index is 2.36. The van der Waals surface area contributed by atoms with E-state index in [1.165, 1.54) is 66.0 Å². The molecule has 0 nitrogen and oxygen atoms in total. The zero-order valence-electron chi connectivity index (χ0n) is 19.3. The van der Waals surface area contributed by atoms with Crippen LogP contribution in [0, 0.1) is 62.3 Å². The van der Waals surface area contributed by atoms with E-state index in [4.69, 9.17) is 0 Å². The molecule has 3 aromatic carbocycles. The second-order valence-corrected chi connectivity index (χ2v) is 10.6. The van der Waals surface area contributed by atoms with Gasteiger partial charge in [-0.1, -0.05) is 53.1 Å². The molecule has 0 aliphatic carbocycles. The third-order valence-corrected chi connectivity index (χ3v) is 9.03. The maximum absolute atomic E-state index is 2.36. The van der Waals surface area contributed by atoms with Gasteiger partial charge in [-0.25, -0.2) is 0 Å². The summed E-state index contributed by atoms with van der Waals surface area (Å²) in [5.41, 5.74) is 12.6. The fraction of sp³-hybridized carbons (Fsp3) is 0.333. The lowest BCUT2D eigenvalue weighted by atomic mass is 10.1. The van der Waals surface area contributed by atoms with Crippen LogP contribution in [-0.4, -0.2) is 0 Å². The first-order valence-electron chi connectivity index (χ1n) is 10.1. The Morgan fingerprint density at radius 3 is 0.724 bits per heavy atom. The van der Waals surface area contributed by atoms with Crippen LogP contribution in [0.4, 0.5) is 0 Å². The van der Waals surface area contributed by atoms with E-state index in [2.05, 4.69) is 98.7 Å². The number of rotatable bonds is 3. The van der Waals surface area contributed by atoms with Gasteiger partial charge in [0.2, 0.25) is 0 Å². The number of halogens is 1. The van der Waals surface area contributed by atoms with Crippen LogP contribution in [0.2, 0.25) is 0 Å². The molecule has 0 saturated carbocycles. The summed E-state index contributed by atoms with van der Waals surface area (Å²) in [5, 5.41) is 4.60. The highest BCUT2D eigenvalue weighted by Gasteiger charge is 2.26.